The van der Waals surface area contributed by atoms with Gasteiger partial charge in [-0.1, -0.05) is 29.8 Å². The Bertz CT molecular complexity index is 473. The number of halogens is 1. The van der Waals surface area contributed by atoms with E-state index < -0.39 is 0 Å². The molecule has 0 bridgehead atoms. The molecule has 4 heteroatoms. The molecular weight excluding hydrogens is 278 g/mol. The largest absolute Gasteiger partial charge is 0.375 e. The van der Waals surface area contributed by atoms with Gasteiger partial charge >= 0.3 is 0 Å². The second-order valence-corrected chi connectivity index (χ2v) is 5.46. The van der Waals surface area contributed by atoms with Crippen LogP contribution in [0.2, 0.25) is 5.02 Å². The minimum atomic E-state index is 0.575. The lowest BCUT2D eigenvalue weighted by Gasteiger charge is -2.07. The van der Waals surface area contributed by atoms with Crippen molar-refractivity contribution >= 4 is 22.9 Å². The maximum Gasteiger partial charge on any atom is 0.0731 e. The number of benzene rings is 1. The van der Waals surface area contributed by atoms with E-state index in [9.17, 15) is 0 Å². The Morgan fingerprint density at radius 2 is 2.05 bits per heavy atom. The number of hydrogen-bond acceptors (Lipinski definition) is 3. The fourth-order valence-electron chi connectivity index (χ4n) is 1.73. The van der Waals surface area contributed by atoms with E-state index in [0.29, 0.717) is 13.2 Å². The van der Waals surface area contributed by atoms with Gasteiger partial charge < -0.3 is 10.1 Å². The van der Waals surface area contributed by atoms with E-state index in [0.717, 1.165) is 30.1 Å². The Hall–Kier alpha value is -0.870. The average Bonchev–Trinajstić information content (AvgIpc) is 2.93. The summed E-state index contributed by atoms with van der Waals surface area (Å²) in [5, 5.41) is 8.45. The predicted molar refractivity (Wildman–Crippen MR) is 82.0 cm³/mol. The first-order chi connectivity index (χ1) is 9.36. The van der Waals surface area contributed by atoms with Crippen LogP contribution in [0.3, 0.4) is 0 Å². The summed E-state index contributed by atoms with van der Waals surface area (Å²) in [5.41, 5.74) is 2.44. The van der Waals surface area contributed by atoms with Crippen molar-refractivity contribution in [2.45, 2.75) is 13.0 Å². The van der Waals surface area contributed by atoms with E-state index >= 15 is 0 Å². The van der Waals surface area contributed by atoms with Crippen LogP contribution in [-0.2, 0) is 17.8 Å². The summed E-state index contributed by atoms with van der Waals surface area (Å²) in [4.78, 5) is 0. The molecule has 2 rings (SSSR count). The molecule has 0 aliphatic carbocycles. The van der Waals surface area contributed by atoms with Crippen LogP contribution in [0, 0.1) is 0 Å². The molecule has 0 radical (unpaired) electrons. The third-order valence-corrected chi connectivity index (χ3v) is 3.91. The molecule has 0 saturated heterocycles. The molecule has 0 aliphatic rings. The standard InChI is InChI=1S/C15H18ClNOS/c16-15-4-2-1-3-14(15)11-18-9-8-17-7-5-13-6-10-19-12-13/h1-4,6,10,12,17H,5,7-9,11H2. The molecule has 0 atom stereocenters. The number of ether oxygens (including phenoxy) is 1. The van der Waals surface area contributed by atoms with Gasteiger partial charge in [0.15, 0.2) is 0 Å². The average molecular weight is 296 g/mol. The van der Waals surface area contributed by atoms with Crippen LogP contribution in [0.1, 0.15) is 11.1 Å². The van der Waals surface area contributed by atoms with Crippen LogP contribution in [0.4, 0.5) is 0 Å². The first-order valence-electron chi connectivity index (χ1n) is 6.39. The summed E-state index contributed by atoms with van der Waals surface area (Å²) in [7, 11) is 0. The van der Waals surface area contributed by atoms with Gasteiger partial charge in [-0.2, -0.15) is 11.3 Å². The first-order valence-corrected chi connectivity index (χ1v) is 7.71. The Morgan fingerprint density at radius 1 is 1.16 bits per heavy atom. The molecule has 1 N–H and O–H groups in total. The van der Waals surface area contributed by atoms with Crippen LogP contribution in [0.5, 0.6) is 0 Å². The molecular formula is C15H18ClNOS. The Labute approximate surface area is 123 Å². The molecule has 2 nitrogen and oxygen atoms in total. The van der Waals surface area contributed by atoms with Gasteiger partial charge in [-0.15, -0.1) is 0 Å². The highest BCUT2D eigenvalue weighted by Crippen LogP contribution is 2.15. The Kier molecular flexibility index (Phi) is 6.37. The molecule has 0 fully saturated rings. The minimum absolute atomic E-state index is 0.575. The van der Waals surface area contributed by atoms with Crippen molar-refractivity contribution in [2.24, 2.45) is 0 Å². The second kappa shape index (κ2) is 8.33. The van der Waals surface area contributed by atoms with Crippen molar-refractivity contribution in [1.29, 1.82) is 0 Å². The molecule has 0 unspecified atom stereocenters. The molecule has 1 aromatic heterocycles. The lowest BCUT2D eigenvalue weighted by Crippen LogP contribution is -2.22. The summed E-state index contributed by atoms with van der Waals surface area (Å²) in [6, 6.07) is 9.95. The fourth-order valence-corrected chi connectivity index (χ4v) is 2.63. The zero-order chi connectivity index (χ0) is 13.3. The second-order valence-electron chi connectivity index (χ2n) is 4.28. The SMILES string of the molecule is Clc1ccccc1COCCNCCc1ccsc1. The van der Waals surface area contributed by atoms with Gasteiger partial charge in [0.2, 0.25) is 0 Å². The van der Waals surface area contributed by atoms with Crippen molar-refractivity contribution in [3.8, 4) is 0 Å². The maximum atomic E-state index is 6.05. The topological polar surface area (TPSA) is 21.3 Å². The van der Waals surface area contributed by atoms with E-state index in [1.165, 1.54) is 5.56 Å². The molecule has 102 valence electrons. The van der Waals surface area contributed by atoms with Crippen LogP contribution in [0.25, 0.3) is 0 Å². The van der Waals surface area contributed by atoms with Crippen molar-refractivity contribution in [1.82, 2.24) is 5.32 Å². The monoisotopic (exact) mass is 295 g/mol. The van der Waals surface area contributed by atoms with E-state index in [-0.39, 0.29) is 0 Å². The molecule has 0 spiro atoms. The molecule has 0 amide bonds. The number of hydrogen-bond donors (Lipinski definition) is 1. The number of thiophene rings is 1. The normalized spacial score (nSPS) is 10.8. The molecule has 1 heterocycles. The summed E-state index contributed by atoms with van der Waals surface area (Å²) >= 11 is 7.79. The van der Waals surface area contributed by atoms with E-state index in [1.807, 2.05) is 24.3 Å². The quantitative estimate of drug-likeness (QED) is 0.749. The van der Waals surface area contributed by atoms with Crippen molar-refractivity contribution in [2.75, 3.05) is 19.7 Å². The van der Waals surface area contributed by atoms with E-state index in [1.54, 1.807) is 11.3 Å². The zero-order valence-electron chi connectivity index (χ0n) is 10.8. The lowest BCUT2D eigenvalue weighted by atomic mass is 10.2. The van der Waals surface area contributed by atoms with Gasteiger partial charge in [0.25, 0.3) is 0 Å². The van der Waals surface area contributed by atoms with Crippen LogP contribution >= 0.6 is 22.9 Å². The van der Waals surface area contributed by atoms with Crippen molar-refractivity contribution in [3.05, 3.63) is 57.2 Å². The molecule has 0 aliphatic heterocycles. The van der Waals surface area contributed by atoms with Crippen LogP contribution in [-0.4, -0.2) is 19.7 Å². The fraction of sp³-hybridized carbons (Fsp3) is 0.333. The van der Waals surface area contributed by atoms with Crippen molar-refractivity contribution in [3.63, 3.8) is 0 Å². The first kappa shape index (κ1) is 14.5. The van der Waals surface area contributed by atoms with Gasteiger partial charge in [-0.25, -0.2) is 0 Å². The molecule has 0 saturated carbocycles. The smallest absolute Gasteiger partial charge is 0.0731 e. The lowest BCUT2D eigenvalue weighted by molar-refractivity contribution is 0.123. The third kappa shape index (κ3) is 5.33. The van der Waals surface area contributed by atoms with Crippen molar-refractivity contribution < 1.29 is 4.74 Å². The summed E-state index contributed by atoms with van der Waals surface area (Å²) in [6.45, 7) is 3.14. The summed E-state index contributed by atoms with van der Waals surface area (Å²) in [6.07, 6.45) is 1.08. The number of nitrogens with one attached hydrogen (secondary N) is 1. The summed E-state index contributed by atoms with van der Waals surface area (Å²) < 4.78 is 5.59. The van der Waals surface area contributed by atoms with Gasteiger partial charge in [0, 0.05) is 11.6 Å². The predicted octanol–water partition coefficient (Wildman–Crippen LogP) is 3.75. The highest BCUT2D eigenvalue weighted by molar-refractivity contribution is 7.07. The van der Waals surface area contributed by atoms with Gasteiger partial charge in [-0.05, 0) is 47.0 Å². The Balaban J connectivity index is 1.52. The number of rotatable bonds is 8. The molecule has 1 aromatic carbocycles. The van der Waals surface area contributed by atoms with Crippen LogP contribution < -0.4 is 5.32 Å². The minimum Gasteiger partial charge on any atom is -0.375 e. The van der Waals surface area contributed by atoms with Crippen LogP contribution in [0.15, 0.2) is 41.1 Å². The third-order valence-electron chi connectivity index (χ3n) is 2.81. The highest BCUT2D eigenvalue weighted by Gasteiger charge is 1.98. The zero-order valence-corrected chi connectivity index (χ0v) is 12.3. The van der Waals surface area contributed by atoms with Gasteiger partial charge in [-0.3, -0.25) is 0 Å². The van der Waals surface area contributed by atoms with E-state index in [2.05, 4.69) is 22.1 Å². The Morgan fingerprint density at radius 3 is 2.84 bits per heavy atom. The highest BCUT2D eigenvalue weighted by atomic mass is 35.5. The van der Waals surface area contributed by atoms with E-state index in [4.69, 9.17) is 16.3 Å². The maximum absolute atomic E-state index is 6.05. The molecule has 19 heavy (non-hydrogen) atoms. The van der Waals surface area contributed by atoms with Gasteiger partial charge in [0.1, 0.15) is 0 Å². The van der Waals surface area contributed by atoms with Gasteiger partial charge in [0.05, 0.1) is 13.2 Å². The summed E-state index contributed by atoms with van der Waals surface area (Å²) in [5.74, 6) is 0. The molecule has 2 aromatic rings.